The molecule has 0 unspecified atom stereocenters. The van der Waals surface area contributed by atoms with E-state index in [1.165, 1.54) is 6.92 Å². The Morgan fingerprint density at radius 3 is 2.38 bits per heavy atom. The first kappa shape index (κ1) is 15.3. The third-order valence-electron chi connectivity index (χ3n) is 3.09. The highest BCUT2D eigenvalue weighted by Crippen LogP contribution is 2.26. The lowest BCUT2D eigenvalue weighted by atomic mass is 10.1. The quantitative estimate of drug-likeness (QED) is 0.850. The number of hydrogen-bond acceptors (Lipinski definition) is 3. The predicted octanol–water partition coefficient (Wildman–Crippen LogP) is 3.66. The monoisotopic (exact) mass is 307 g/mol. The number of pyridine rings is 1. The van der Waals surface area contributed by atoms with E-state index >= 15 is 0 Å². The highest BCUT2D eigenvalue weighted by molar-refractivity contribution is 7.80. The van der Waals surface area contributed by atoms with Gasteiger partial charge in [-0.15, -0.1) is 0 Å². The number of aromatic nitrogens is 1. The Hall–Kier alpha value is -2.08. The first-order valence-corrected chi connectivity index (χ1v) is 6.71. The Kier molecular flexibility index (Phi) is 4.18. The van der Waals surface area contributed by atoms with Gasteiger partial charge in [-0.2, -0.15) is 0 Å². The molecule has 3 N–H and O–H groups in total. The molecule has 2 aromatic rings. The third-order valence-corrected chi connectivity index (χ3v) is 3.30. The zero-order valence-electron chi connectivity index (χ0n) is 11.9. The van der Waals surface area contributed by atoms with Crippen molar-refractivity contribution in [3.8, 4) is 0 Å². The molecule has 0 saturated heterocycles. The molecule has 0 fully saturated rings. The van der Waals surface area contributed by atoms with Gasteiger partial charge < -0.3 is 11.1 Å². The van der Waals surface area contributed by atoms with Crippen LogP contribution in [0.1, 0.15) is 22.4 Å². The molecule has 1 aromatic carbocycles. The highest BCUT2D eigenvalue weighted by Gasteiger charge is 2.14. The number of thiocarbonyl (C=S) groups is 1. The average molecular weight is 307 g/mol. The number of nitrogens with two attached hydrogens (primary N) is 1. The standard InChI is InChI=1S/C15H15F2N3S/c1-7-5-11(17)12(6-10(7)16)20-15-13(14(18)21)8(2)4-9(3)19-15/h4-6H,1-3H3,(H2,18,21)(H,19,20). The van der Waals surface area contributed by atoms with Crippen molar-refractivity contribution in [2.24, 2.45) is 5.73 Å². The Labute approximate surface area is 127 Å². The van der Waals surface area contributed by atoms with E-state index in [0.717, 1.165) is 23.4 Å². The fourth-order valence-electron chi connectivity index (χ4n) is 2.11. The number of nitrogens with one attached hydrogen (secondary N) is 1. The first-order valence-electron chi connectivity index (χ1n) is 6.30. The van der Waals surface area contributed by atoms with Gasteiger partial charge in [0.25, 0.3) is 0 Å². The SMILES string of the molecule is Cc1cc(C)c(C(N)=S)c(Nc2cc(F)c(C)cc2F)n1. The van der Waals surface area contributed by atoms with Crippen molar-refractivity contribution >= 4 is 28.7 Å². The van der Waals surface area contributed by atoms with Crippen LogP contribution in [0.2, 0.25) is 0 Å². The lowest BCUT2D eigenvalue weighted by Gasteiger charge is -2.14. The molecule has 21 heavy (non-hydrogen) atoms. The van der Waals surface area contributed by atoms with Crippen LogP contribution in [0.4, 0.5) is 20.3 Å². The molecule has 110 valence electrons. The minimum atomic E-state index is -0.566. The molecule has 6 heteroatoms. The lowest BCUT2D eigenvalue weighted by molar-refractivity contribution is 0.595. The number of aryl methyl sites for hydroxylation is 3. The number of hydrogen-bond donors (Lipinski definition) is 2. The van der Waals surface area contributed by atoms with Crippen LogP contribution in [0.15, 0.2) is 18.2 Å². The zero-order valence-corrected chi connectivity index (χ0v) is 12.7. The lowest BCUT2D eigenvalue weighted by Crippen LogP contribution is -2.16. The largest absolute Gasteiger partial charge is 0.389 e. The fraction of sp³-hybridized carbons (Fsp3) is 0.200. The van der Waals surface area contributed by atoms with Crippen molar-refractivity contribution < 1.29 is 8.78 Å². The summed E-state index contributed by atoms with van der Waals surface area (Å²) >= 11 is 5.01. The predicted molar refractivity (Wildman–Crippen MR) is 84.0 cm³/mol. The van der Waals surface area contributed by atoms with Crippen molar-refractivity contribution in [1.29, 1.82) is 0 Å². The summed E-state index contributed by atoms with van der Waals surface area (Å²) in [6.45, 7) is 5.13. The van der Waals surface area contributed by atoms with Gasteiger partial charge in [-0.1, -0.05) is 12.2 Å². The molecule has 0 aliphatic heterocycles. The number of anilines is 2. The molecule has 1 aromatic heterocycles. The van der Waals surface area contributed by atoms with E-state index in [1.807, 2.05) is 13.0 Å². The molecule has 0 amide bonds. The smallest absolute Gasteiger partial charge is 0.147 e. The van der Waals surface area contributed by atoms with E-state index in [0.29, 0.717) is 11.4 Å². The van der Waals surface area contributed by atoms with Gasteiger partial charge in [-0.3, -0.25) is 0 Å². The fourth-order valence-corrected chi connectivity index (χ4v) is 2.37. The van der Waals surface area contributed by atoms with Crippen LogP contribution < -0.4 is 11.1 Å². The van der Waals surface area contributed by atoms with E-state index in [-0.39, 0.29) is 16.2 Å². The maximum atomic E-state index is 13.9. The molecule has 3 nitrogen and oxygen atoms in total. The van der Waals surface area contributed by atoms with Crippen LogP contribution in [0, 0.1) is 32.4 Å². The van der Waals surface area contributed by atoms with E-state index < -0.39 is 11.6 Å². The van der Waals surface area contributed by atoms with Gasteiger partial charge >= 0.3 is 0 Å². The second-order valence-corrected chi connectivity index (χ2v) is 5.31. The number of nitrogens with zero attached hydrogens (tertiary/aromatic N) is 1. The van der Waals surface area contributed by atoms with E-state index in [2.05, 4.69) is 10.3 Å². The Morgan fingerprint density at radius 1 is 1.10 bits per heavy atom. The van der Waals surface area contributed by atoms with Gasteiger partial charge in [0.05, 0.1) is 11.3 Å². The molecular formula is C15H15F2N3S. The average Bonchev–Trinajstić information content (AvgIpc) is 2.34. The van der Waals surface area contributed by atoms with Crippen molar-refractivity contribution in [2.75, 3.05) is 5.32 Å². The molecular weight excluding hydrogens is 292 g/mol. The van der Waals surface area contributed by atoms with Crippen LogP contribution in [0.25, 0.3) is 0 Å². The topological polar surface area (TPSA) is 50.9 Å². The van der Waals surface area contributed by atoms with Crippen molar-refractivity contribution in [3.05, 3.63) is 52.2 Å². The normalized spacial score (nSPS) is 10.5. The van der Waals surface area contributed by atoms with Crippen LogP contribution in [0.5, 0.6) is 0 Å². The van der Waals surface area contributed by atoms with Crippen molar-refractivity contribution in [2.45, 2.75) is 20.8 Å². The van der Waals surface area contributed by atoms with Gasteiger partial charge in [0.1, 0.15) is 22.4 Å². The van der Waals surface area contributed by atoms with Gasteiger partial charge in [-0.05, 0) is 44.0 Å². The van der Waals surface area contributed by atoms with Crippen LogP contribution in [0.3, 0.4) is 0 Å². The molecule has 0 saturated carbocycles. The van der Waals surface area contributed by atoms with Gasteiger partial charge in [-0.25, -0.2) is 13.8 Å². The summed E-state index contributed by atoms with van der Waals surface area (Å²) in [7, 11) is 0. The molecule has 2 rings (SSSR count). The molecule has 0 atom stereocenters. The third kappa shape index (κ3) is 3.16. The van der Waals surface area contributed by atoms with Gasteiger partial charge in [0.15, 0.2) is 0 Å². The van der Waals surface area contributed by atoms with E-state index in [4.69, 9.17) is 18.0 Å². The van der Waals surface area contributed by atoms with Crippen LogP contribution in [-0.2, 0) is 0 Å². The van der Waals surface area contributed by atoms with Gasteiger partial charge in [0, 0.05) is 11.8 Å². The summed E-state index contributed by atoms with van der Waals surface area (Å²) in [4.78, 5) is 4.42. The van der Waals surface area contributed by atoms with E-state index in [9.17, 15) is 8.78 Å². The molecule has 0 bridgehead atoms. The summed E-state index contributed by atoms with van der Waals surface area (Å²) in [5, 5.41) is 2.78. The minimum absolute atomic E-state index is 0.00639. The Balaban J connectivity index is 2.54. The van der Waals surface area contributed by atoms with E-state index in [1.54, 1.807) is 6.92 Å². The van der Waals surface area contributed by atoms with Crippen molar-refractivity contribution in [1.82, 2.24) is 4.98 Å². The van der Waals surface area contributed by atoms with Crippen LogP contribution >= 0.6 is 12.2 Å². The first-order chi connectivity index (χ1) is 9.79. The van der Waals surface area contributed by atoms with Crippen molar-refractivity contribution in [3.63, 3.8) is 0 Å². The maximum absolute atomic E-state index is 13.9. The second-order valence-electron chi connectivity index (χ2n) is 4.87. The van der Waals surface area contributed by atoms with Crippen LogP contribution in [-0.4, -0.2) is 9.97 Å². The summed E-state index contributed by atoms with van der Waals surface area (Å²) in [6.07, 6.45) is 0. The molecule has 0 radical (unpaired) electrons. The molecule has 1 heterocycles. The molecule has 0 aliphatic carbocycles. The Bertz CT molecular complexity index is 729. The summed E-state index contributed by atoms with van der Waals surface area (Å²) < 4.78 is 27.5. The summed E-state index contributed by atoms with van der Waals surface area (Å²) in [5.41, 5.74) is 8.00. The number of halogens is 2. The molecule has 0 aliphatic rings. The summed E-state index contributed by atoms with van der Waals surface area (Å²) in [5.74, 6) is -0.744. The minimum Gasteiger partial charge on any atom is -0.389 e. The Morgan fingerprint density at radius 2 is 1.76 bits per heavy atom. The number of rotatable bonds is 3. The summed E-state index contributed by atoms with van der Waals surface area (Å²) in [6, 6.07) is 4.04. The number of benzene rings is 1. The second kappa shape index (κ2) is 5.73. The highest BCUT2D eigenvalue weighted by atomic mass is 32.1. The molecule has 0 spiro atoms. The van der Waals surface area contributed by atoms with Gasteiger partial charge in [0.2, 0.25) is 0 Å². The maximum Gasteiger partial charge on any atom is 0.147 e. The zero-order chi connectivity index (χ0) is 15.7.